The summed E-state index contributed by atoms with van der Waals surface area (Å²) in [5.41, 5.74) is 4.66. The zero-order valence-electron chi connectivity index (χ0n) is 23.1. The number of methoxy groups -OCH3 is 1. The average Bonchev–Trinajstić information content (AvgIpc) is 3.00. The summed E-state index contributed by atoms with van der Waals surface area (Å²) in [6.07, 6.45) is 0.329. The molecule has 2 amide bonds. The molecule has 40 heavy (non-hydrogen) atoms. The first kappa shape index (κ1) is 27.0. The SMILES string of the molecule is COc1ccc2c(c1OCc1ccccc1)CC(C(=O)N(C)C)N(C(=O)C(c1ccccc1)c1ccccc1)C2. The molecule has 6 nitrogen and oxygen atoms in total. The Kier molecular flexibility index (Phi) is 8.15. The zero-order chi connectivity index (χ0) is 28.1. The summed E-state index contributed by atoms with van der Waals surface area (Å²) < 4.78 is 12.0. The second-order valence-corrected chi connectivity index (χ2v) is 10.2. The molecule has 0 aromatic heterocycles. The molecule has 0 radical (unpaired) electrons. The van der Waals surface area contributed by atoms with Crippen LogP contribution in [0.3, 0.4) is 0 Å². The number of rotatable bonds is 8. The van der Waals surface area contributed by atoms with E-state index >= 15 is 0 Å². The molecule has 0 bridgehead atoms. The number of hydrogen-bond donors (Lipinski definition) is 0. The molecule has 1 unspecified atom stereocenters. The predicted molar refractivity (Wildman–Crippen MR) is 155 cm³/mol. The van der Waals surface area contributed by atoms with Crippen molar-refractivity contribution in [2.45, 2.75) is 31.5 Å². The number of benzene rings is 4. The van der Waals surface area contributed by atoms with E-state index in [1.807, 2.05) is 103 Å². The summed E-state index contributed by atoms with van der Waals surface area (Å²) in [5, 5.41) is 0. The van der Waals surface area contributed by atoms with Crippen molar-refractivity contribution in [1.29, 1.82) is 0 Å². The molecule has 1 atom stereocenters. The van der Waals surface area contributed by atoms with Crippen molar-refractivity contribution < 1.29 is 19.1 Å². The van der Waals surface area contributed by atoms with Gasteiger partial charge < -0.3 is 19.3 Å². The number of ether oxygens (including phenoxy) is 2. The summed E-state index contributed by atoms with van der Waals surface area (Å²) in [6.45, 7) is 0.660. The summed E-state index contributed by atoms with van der Waals surface area (Å²) in [4.78, 5) is 31.4. The van der Waals surface area contributed by atoms with Gasteiger partial charge in [0.2, 0.25) is 11.8 Å². The minimum Gasteiger partial charge on any atom is -0.493 e. The van der Waals surface area contributed by atoms with E-state index in [4.69, 9.17) is 9.47 Å². The lowest BCUT2D eigenvalue weighted by Crippen LogP contribution is -2.53. The Morgan fingerprint density at radius 3 is 1.98 bits per heavy atom. The predicted octanol–water partition coefficient (Wildman–Crippen LogP) is 5.45. The van der Waals surface area contributed by atoms with Gasteiger partial charge in [-0.1, -0.05) is 97.1 Å². The van der Waals surface area contributed by atoms with Crippen molar-refractivity contribution in [3.05, 3.63) is 131 Å². The Balaban J connectivity index is 1.55. The van der Waals surface area contributed by atoms with Gasteiger partial charge in [0.25, 0.3) is 0 Å². The zero-order valence-corrected chi connectivity index (χ0v) is 23.1. The van der Waals surface area contributed by atoms with E-state index in [2.05, 4.69) is 0 Å². The van der Waals surface area contributed by atoms with Crippen LogP contribution in [-0.2, 0) is 29.2 Å². The normalized spacial score (nSPS) is 14.4. The van der Waals surface area contributed by atoms with Gasteiger partial charge in [-0.3, -0.25) is 9.59 Å². The van der Waals surface area contributed by atoms with Gasteiger partial charge in [0.15, 0.2) is 11.5 Å². The van der Waals surface area contributed by atoms with Crippen LogP contribution in [0.25, 0.3) is 0 Å². The molecular weight excluding hydrogens is 500 g/mol. The molecule has 6 heteroatoms. The highest BCUT2D eigenvalue weighted by atomic mass is 16.5. The molecule has 4 aromatic carbocycles. The van der Waals surface area contributed by atoms with Crippen LogP contribution < -0.4 is 9.47 Å². The molecule has 0 fully saturated rings. The molecule has 0 saturated carbocycles. The summed E-state index contributed by atoms with van der Waals surface area (Å²) in [6, 6.07) is 32.6. The van der Waals surface area contributed by atoms with E-state index in [1.54, 1.807) is 31.0 Å². The Bertz CT molecular complexity index is 1420. The molecule has 5 rings (SSSR count). The molecule has 1 aliphatic heterocycles. The number of amides is 2. The van der Waals surface area contributed by atoms with E-state index < -0.39 is 12.0 Å². The van der Waals surface area contributed by atoms with Gasteiger partial charge in [-0.05, 0) is 28.3 Å². The first-order chi connectivity index (χ1) is 19.5. The summed E-state index contributed by atoms with van der Waals surface area (Å²) >= 11 is 0. The van der Waals surface area contributed by atoms with E-state index in [9.17, 15) is 9.59 Å². The largest absolute Gasteiger partial charge is 0.493 e. The Morgan fingerprint density at radius 2 is 1.43 bits per heavy atom. The molecular formula is C34H34N2O4. The van der Waals surface area contributed by atoms with Crippen LogP contribution in [0.2, 0.25) is 0 Å². The van der Waals surface area contributed by atoms with Gasteiger partial charge in [-0.15, -0.1) is 0 Å². The first-order valence-electron chi connectivity index (χ1n) is 13.4. The van der Waals surface area contributed by atoms with Crippen LogP contribution in [0.4, 0.5) is 0 Å². The lowest BCUT2D eigenvalue weighted by Gasteiger charge is -2.39. The molecule has 0 N–H and O–H groups in total. The van der Waals surface area contributed by atoms with Gasteiger partial charge in [0.1, 0.15) is 12.6 Å². The van der Waals surface area contributed by atoms with E-state index in [0.29, 0.717) is 31.1 Å². The lowest BCUT2D eigenvalue weighted by molar-refractivity contribution is -0.146. The second kappa shape index (κ2) is 12.1. The van der Waals surface area contributed by atoms with Crippen molar-refractivity contribution in [1.82, 2.24) is 9.80 Å². The molecule has 0 spiro atoms. The third kappa shape index (κ3) is 5.57. The topological polar surface area (TPSA) is 59.1 Å². The van der Waals surface area contributed by atoms with Crippen LogP contribution in [0.15, 0.2) is 103 Å². The van der Waals surface area contributed by atoms with Crippen LogP contribution in [-0.4, -0.2) is 48.9 Å². The fourth-order valence-corrected chi connectivity index (χ4v) is 5.35. The maximum Gasteiger partial charge on any atom is 0.245 e. The second-order valence-electron chi connectivity index (χ2n) is 10.2. The quantitative estimate of drug-likeness (QED) is 0.302. The number of likely N-dealkylation sites (N-methyl/N-ethyl adjacent to an activating group) is 1. The van der Waals surface area contributed by atoms with E-state index in [1.165, 1.54) is 0 Å². The minimum absolute atomic E-state index is 0.106. The van der Waals surface area contributed by atoms with Crippen molar-refractivity contribution >= 4 is 11.8 Å². The average molecular weight is 535 g/mol. The van der Waals surface area contributed by atoms with Crippen LogP contribution in [0.1, 0.15) is 33.7 Å². The third-order valence-electron chi connectivity index (χ3n) is 7.40. The van der Waals surface area contributed by atoms with Crippen LogP contribution in [0, 0.1) is 0 Å². The fraction of sp³-hybridized carbons (Fsp3) is 0.235. The van der Waals surface area contributed by atoms with Gasteiger partial charge in [-0.2, -0.15) is 0 Å². The first-order valence-corrected chi connectivity index (χ1v) is 13.4. The van der Waals surface area contributed by atoms with Crippen molar-refractivity contribution in [2.75, 3.05) is 21.2 Å². The maximum absolute atomic E-state index is 14.5. The highest BCUT2D eigenvalue weighted by Gasteiger charge is 2.40. The minimum atomic E-state index is -0.684. The van der Waals surface area contributed by atoms with Gasteiger partial charge in [0.05, 0.1) is 13.0 Å². The highest BCUT2D eigenvalue weighted by molar-refractivity contribution is 5.93. The van der Waals surface area contributed by atoms with Crippen molar-refractivity contribution in [3.63, 3.8) is 0 Å². The van der Waals surface area contributed by atoms with Gasteiger partial charge >= 0.3 is 0 Å². The standard InChI is InChI=1S/C34H34N2O4/c1-35(2)33(37)29-21-28-27(19-20-30(39-3)32(28)40-23-24-13-7-4-8-14-24)22-36(29)34(38)31(25-15-9-5-10-16-25)26-17-11-6-12-18-26/h4-20,29,31H,21-23H2,1-3H3. The molecule has 4 aromatic rings. The monoisotopic (exact) mass is 534 g/mol. The molecule has 0 aliphatic carbocycles. The van der Waals surface area contributed by atoms with E-state index in [0.717, 1.165) is 27.8 Å². The van der Waals surface area contributed by atoms with Crippen LogP contribution in [0.5, 0.6) is 11.5 Å². The maximum atomic E-state index is 14.5. The Hall–Kier alpha value is -4.58. The number of hydrogen-bond acceptors (Lipinski definition) is 4. The van der Waals surface area contributed by atoms with Gasteiger partial charge in [0, 0.05) is 32.6 Å². The lowest BCUT2D eigenvalue weighted by atomic mass is 9.86. The summed E-state index contributed by atoms with van der Waals surface area (Å²) in [5.74, 6) is 0.460. The van der Waals surface area contributed by atoms with Crippen molar-refractivity contribution in [3.8, 4) is 11.5 Å². The number of carbonyl (C=O) groups is 2. The number of nitrogens with zero attached hydrogens (tertiary/aromatic N) is 2. The Morgan fingerprint density at radius 1 is 0.850 bits per heavy atom. The van der Waals surface area contributed by atoms with E-state index in [-0.39, 0.29) is 11.8 Å². The van der Waals surface area contributed by atoms with Crippen LogP contribution >= 0.6 is 0 Å². The summed E-state index contributed by atoms with van der Waals surface area (Å²) in [7, 11) is 5.07. The molecule has 1 aliphatic rings. The smallest absolute Gasteiger partial charge is 0.245 e. The molecule has 1 heterocycles. The number of carbonyl (C=O) groups excluding carboxylic acids is 2. The molecule has 0 saturated heterocycles. The fourth-order valence-electron chi connectivity index (χ4n) is 5.35. The third-order valence-corrected chi connectivity index (χ3v) is 7.40. The van der Waals surface area contributed by atoms with Gasteiger partial charge in [-0.25, -0.2) is 0 Å². The van der Waals surface area contributed by atoms with Crippen molar-refractivity contribution in [2.24, 2.45) is 0 Å². The Labute approximate surface area is 235 Å². The highest BCUT2D eigenvalue weighted by Crippen LogP contribution is 2.40. The number of fused-ring (bicyclic) bond motifs is 1. The molecule has 204 valence electrons.